The Kier molecular flexibility index (Phi) is 9.54. The summed E-state index contributed by atoms with van der Waals surface area (Å²) in [4.78, 5) is 39.8. The van der Waals surface area contributed by atoms with Crippen molar-refractivity contribution in [3.63, 3.8) is 0 Å². The molecule has 0 aliphatic carbocycles. The van der Waals surface area contributed by atoms with E-state index in [1.807, 2.05) is 42.5 Å². The predicted octanol–water partition coefficient (Wildman–Crippen LogP) is 6.71. The monoisotopic (exact) mass is 598 g/mol. The van der Waals surface area contributed by atoms with Gasteiger partial charge in [0.25, 0.3) is 11.8 Å². The Bertz CT molecular complexity index is 1520. The third kappa shape index (κ3) is 7.90. The van der Waals surface area contributed by atoms with Gasteiger partial charge in [0.2, 0.25) is 0 Å². The third-order valence-corrected chi connectivity index (χ3v) is 8.63. The van der Waals surface area contributed by atoms with E-state index in [-0.39, 0.29) is 37.5 Å². The summed E-state index contributed by atoms with van der Waals surface area (Å²) in [5.41, 5.74) is 1.54. The van der Waals surface area contributed by atoms with E-state index in [4.69, 9.17) is 13.8 Å². The van der Waals surface area contributed by atoms with Crippen LogP contribution in [0.3, 0.4) is 0 Å². The van der Waals surface area contributed by atoms with E-state index in [1.165, 1.54) is 4.90 Å². The summed E-state index contributed by atoms with van der Waals surface area (Å²) >= 11 is 0. The highest BCUT2D eigenvalue weighted by Crippen LogP contribution is 2.49. The average Bonchev–Trinajstić information content (AvgIpc) is 3.26. The molecule has 0 bridgehead atoms. The van der Waals surface area contributed by atoms with E-state index in [0.29, 0.717) is 29.0 Å². The minimum atomic E-state index is -3.91. The van der Waals surface area contributed by atoms with E-state index in [2.05, 4.69) is 5.32 Å². The lowest BCUT2D eigenvalue weighted by Gasteiger charge is -2.26. The third-order valence-electron chi connectivity index (χ3n) is 6.77. The Morgan fingerprint density at radius 2 is 1.21 bits per heavy atom. The van der Waals surface area contributed by atoms with Gasteiger partial charge in [-0.2, -0.15) is 0 Å². The summed E-state index contributed by atoms with van der Waals surface area (Å²) in [5, 5.41) is 2.80. The number of para-hydroxylation sites is 2. The zero-order valence-corrected chi connectivity index (χ0v) is 24.2. The van der Waals surface area contributed by atoms with E-state index >= 15 is 0 Å². The summed E-state index contributed by atoms with van der Waals surface area (Å²) in [6.07, 6.45) is -0.320. The van der Waals surface area contributed by atoms with Gasteiger partial charge in [0.1, 0.15) is 18.1 Å². The molecule has 0 radical (unpaired) electrons. The van der Waals surface area contributed by atoms with Crippen LogP contribution in [0.4, 0.5) is 4.79 Å². The molecule has 1 atom stereocenters. The number of benzene rings is 4. The first-order valence-electron chi connectivity index (χ1n) is 13.9. The smallest absolute Gasteiger partial charge is 0.432 e. The Balaban J connectivity index is 1.31. The largest absolute Gasteiger partial charge is 0.445 e. The predicted molar refractivity (Wildman–Crippen MR) is 161 cm³/mol. The van der Waals surface area contributed by atoms with E-state index in [1.54, 1.807) is 72.8 Å². The van der Waals surface area contributed by atoms with Gasteiger partial charge in [0.05, 0.1) is 17.3 Å². The standard InChI is InChI=1S/C33H31N2O7P/c36-31-29-20-10-11-21-30(29)32(37)35(31)22-12-15-26(34-33(38)40-23-25-13-4-1-5-14-25)24-43(39,41-27-16-6-2-7-17-27)42-28-18-8-3-9-19-28/h1-11,13-14,16-21,26H,12,15,22-24H2,(H,34,38). The molecule has 0 saturated heterocycles. The molecule has 1 aliphatic rings. The van der Waals surface area contributed by atoms with E-state index in [9.17, 15) is 18.9 Å². The minimum absolute atomic E-state index is 0.0487. The number of rotatable bonds is 13. The summed E-state index contributed by atoms with van der Waals surface area (Å²) < 4.78 is 31.5. The number of ether oxygens (including phenoxy) is 1. The molecular weight excluding hydrogens is 567 g/mol. The van der Waals surface area contributed by atoms with Gasteiger partial charge in [0.15, 0.2) is 0 Å². The summed E-state index contributed by atoms with van der Waals surface area (Å²) in [5.74, 6) is -0.0351. The van der Waals surface area contributed by atoms with Crippen LogP contribution >= 0.6 is 7.60 Å². The Morgan fingerprint density at radius 3 is 1.74 bits per heavy atom. The fourth-order valence-electron chi connectivity index (χ4n) is 4.73. The molecule has 43 heavy (non-hydrogen) atoms. The SMILES string of the molecule is O=C(NC(CCCN1C(=O)c2ccccc2C1=O)CP(=O)(Oc1ccccc1)Oc1ccccc1)OCc1ccccc1. The molecule has 0 aromatic heterocycles. The van der Waals surface area contributed by atoms with Gasteiger partial charge < -0.3 is 19.1 Å². The lowest BCUT2D eigenvalue weighted by molar-refractivity contribution is 0.0649. The molecule has 4 aromatic rings. The highest BCUT2D eigenvalue weighted by molar-refractivity contribution is 7.54. The quantitative estimate of drug-likeness (QED) is 0.135. The highest BCUT2D eigenvalue weighted by atomic mass is 31.2. The van der Waals surface area contributed by atoms with Crippen molar-refractivity contribution < 1.29 is 32.7 Å². The van der Waals surface area contributed by atoms with Crippen molar-refractivity contribution in [3.05, 3.63) is 132 Å². The van der Waals surface area contributed by atoms with Crippen LogP contribution in [-0.4, -0.2) is 41.6 Å². The first-order chi connectivity index (χ1) is 20.9. The number of fused-ring (bicyclic) bond motifs is 1. The van der Waals surface area contributed by atoms with Crippen molar-refractivity contribution in [1.82, 2.24) is 10.2 Å². The van der Waals surface area contributed by atoms with Crippen LogP contribution in [0.15, 0.2) is 115 Å². The fraction of sp³-hybridized carbons (Fsp3) is 0.182. The van der Waals surface area contributed by atoms with Gasteiger partial charge in [-0.25, -0.2) is 9.36 Å². The number of hydrogen-bond donors (Lipinski definition) is 1. The summed E-state index contributed by atoms with van der Waals surface area (Å²) in [7, 11) is -3.91. The fourth-order valence-corrected chi connectivity index (χ4v) is 6.61. The van der Waals surface area contributed by atoms with Crippen molar-refractivity contribution in [1.29, 1.82) is 0 Å². The zero-order valence-electron chi connectivity index (χ0n) is 23.3. The Labute approximate surface area is 249 Å². The van der Waals surface area contributed by atoms with Crippen LogP contribution in [-0.2, 0) is 15.9 Å². The topological polar surface area (TPSA) is 111 Å². The van der Waals surface area contributed by atoms with Crippen LogP contribution in [0.5, 0.6) is 11.5 Å². The van der Waals surface area contributed by atoms with Gasteiger partial charge >= 0.3 is 13.7 Å². The van der Waals surface area contributed by atoms with Crippen molar-refractivity contribution in [2.75, 3.05) is 12.7 Å². The second-order valence-corrected chi connectivity index (χ2v) is 11.9. The van der Waals surface area contributed by atoms with Crippen LogP contribution in [0.25, 0.3) is 0 Å². The molecule has 1 N–H and O–H groups in total. The molecule has 0 saturated carbocycles. The molecule has 1 heterocycles. The van der Waals surface area contributed by atoms with Gasteiger partial charge in [-0.3, -0.25) is 14.5 Å². The molecule has 1 aliphatic heterocycles. The average molecular weight is 599 g/mol. The minimum Gasteiger partial charge on any atom is -0.445 e. The molecule has 9 nitrogen and oxygen atoms in total. The second-order valence-electron chi connectivity index (χ2n) is 9.95. The van der Waals surface area contributed by atoms with Crippen molar-refractivity contribution in [2.24, 2.45) is 0 Å². The van der Waals surface area contributed by atoms with Crippen LogP contribution in [0.1, 0.15) is 39.1 Å². The van der Waals surface area contributed by atoms with Gasteiger partial charge in [0, 0.05) is 12.6 Å². The lowest BCUT2D eigenvalue weighted by atomic mass is 10.1. The number of imide groups is 1. The number of nitrogens with one attached hydrogen (secondary N) is 1. The van der Waals surface area contributed by atoms with Gasteiger partial charge in [-0.1, -0.05) is 78.9 Å². The van der Waals surface area contributed by atoms with Crippen molar-refractivity contribution in [3.8, 4) is 11.5 Å². The number of carbonyl (C=O) groups is 3. The Morgan fingerprint density at radius 1 is 0.721 bits per heavy atom. The lowest BCUT2D eigenvalue weighted by Crippen LogP contribution is -2.39. The second kappa shape index (κ2) is 13.9. The summed E-state index contributed by atoms with van der Waals surface area (Å²) in [6, 6.07) is 32.5. The molecular formula is C33H31N2O7P. The molecule has 4 aromatic carbocycles. The number of alkyl carbamates (subject to hydrolysis) is 1. The molecule has 0 fully saturated rings. The normalized spacial score (nSPS) is 13.3. The van der Waals surface area contributed by atoms with Gasteiger partial charge in [-0.05, 0) is 54.8 Å². The van der Waals surface area contributed by atoms with E-state index < -0.39 is 19.7 Å². The van der Waals surface area contributed by atoms with Crippen LogP contribution < -0.4 is 14.4 Å². The molecule has 5 rings (SSSR count). The summed E-state index contributed by atoms with van der Waals surface area (Å²) in [6.45, 7) is 0.167. The maximum atomic E-state index is 14.2. The van der Waals surface area contributed by atoms with Crippen LogP contribution in [0.2, 0.25) is 0 Å². The highest BCUT2D eigenvalue weighted by Gasteiger charge is 2.36. The maximum Gasteiger partial charge on any atom is 0.432 e. The number of amides is 3. The number of hydrogen-bond acceptors (Lipinski definition) is 7. The molecule has 10 heteroatoms. The first kappa shape index (κ1) is 29.6. The van der Waals surface area contributed by atoms with Gasteiger partial charge in [-0.15, -0.1) is 0 Å². The Hall–Kier alpha value is -4.88. The van der Waals surface area contributed by atoms with Crippen molar-refractivity contribution >= 4 is 25.5 Å². The molecule has 0 spiro atoms. The number of nitrogens with zero attached hydrogens (tertiary/aromatic N) is 1. The van der Waals surface area contributed by atoms with Crippen LogP contribution in [0, 0.1) is 0 Å². The first-order valence-corrected chi connectivity index (χ1v) is 15.6. The van der Waals surface area contributed by atoms with Crippen molar-refractivity contribution in [2.45, 2.75) is 25.5 Å². The van der Waals surface area contributed by atoms with E-state index in [0.717, 1.165) is 5.56 Å². The number of carbonyl (C=O) groups excluding carboxylic acids is 3. The maximum absolute atomic E-state index is 14.2. The zero-order chi connectivity index (χ0) is 30.1. The molecule has 220 valence electrons. The molecule has 1 unspecified atom stereocenters. The molecule has 3 amide bonds.